The standard InChI is InChI=1S/C26H21Cl2N3O6S/c1-3-37-21-10-6-9-18(27)24(21)29-26(33)17-12-15-7-4-5-8-16(15)23(25(17)32)31-30-20-11-14(2)19(28)13-22(20)38(34,35)36/h4-13,32H,3H2,1-2H3,(H,29,33)(H,34,35,36). The molecule has 0 atom stereocenters. The fourth-order valence-electron chi connectivity index (χ4n) is 3.71. The number of carbonyl (C=O) groups is 1. The Labute approximate surface area is 228 Å². The predicted molar refractivity (Wildman–Crippen MR) is 146 cm³/mol. The number of azo groups is 1. The van der Waals surface area contributed by atoms with Crippen molar-refractivity contribution in [2.75, 3.05) is 11.9 Å². The smallest absolute Gasteiger partial charge is 0.296 e. The number of nitrogens with one attached hydrogen (secondary N) is 1. The zero-order valence-electron chi connectivity index (χ0n) is 20.1. The Morgan fingerprint density at radius 2 is 1.76 bits per heavy atom. The Morgan fingerprint density at radius 1 is 1.03 bits per heavy atom. The summed E-state index contributed by atoms with van der Waals surface area (Å²) >= 11 is 12.3. The number of benzene rings is 4. The van der Waals surface area contributed by atoms with Crippen LogP contribution in [0, 0.1) is 6.92 Å². The first-order valence-electron chi connectivity index (χ1n) is 11.2. The minimum absolute atomic E-state index is 0.0914. The van der Waals surface area contributed by atoms with Gasteiger partial charge in [-0.25, -0.2) is 0 Å². The van der Waals surface area contributed by atoms with E-state index in [9.17, 15) is 22.9 Å². The number of anilines is 1. The van der Waals surface area contributed by atoms with E-state index >= 15 is 0 Å². The van der Waals surface area contributed by atoms with Crippen LogP contribution in [-0.4, -0.2) is 30.6 Å². The van der Waals surface area contributed by atoms with Gasteiger partial charge in [0.05, 0.1) is 17.2 Å². The molecule has 0 spiro atoms. The molecule has 3 N–H and O–H groups in total. The Morgan fingerprint density at radius 3 is 2.47 bits per heavy atom. The number of carbonyl (C=O) groups excluding carboxylic acids is 1. The molecular weight excluding hydrogens is 553 g/mol. The first kappa shape index (κ1) is 27.3. The second-order valence-electron chi connectivity index (χ2n) is 8.09. The Bertz CT molecular complexity index is 1710. The molecule has 9 nitrogen and oxygen atoms in total. The van der Waals surface area contributed by atoms with E-state index in [1.54, 1.807) is 56.3 Å². The molecule has 0 saturated carbocycles. The summed E-state index contributed by atoms with van der Waals surface area (Å²) in [5.74, 6) is -0.849. The quantitative estimate of drug-likeness (QED) is 0.155. The van der Waals surface area contributed by atoms with Crippen molar-refractivity contribution in [1.29, 1.82) is 0 Å². The van der Waals surface area contributed by atoms with Crippen molar-refractivity contribution in [3.8, 4) is 11.5 Å². The molecule has 0 unspecified atom stereocenters. The number of phenols is 1. The van der Waals surface area contributed by atoms with Crippen molar-refractivity contribution in [1.82, 2.24) is 0 Å². The second-order valence-corrected chi connectivity index (χ2v) is 10.3. The lowest BCUT2D eigenvalue weighted by molar-refractivity contribution is 0.102. The number of hydrogen-bond acceptors (Lipinski definition) is 7. The lowest BCUT2D eigenvalue weighted by Gasteiger charge is -2.15. The van der Waals surface area contributed by atoms with E-state index in [1.165, 1.54) is 12.1 Å². The van der Waals surface area contributed by atoms with Gasteiger partial charge < -0.3 is 15.2 Å². The van der Waals surface area contributed by atoms with Gasteiger partial charge in [0.25, 0.3) is 16.0 Å². The lowest BCUT2D eigenvalue weighted by Crippen LogP contribution is -2.14. The van der Waals surface area contributed by atoms with Gasteiger partial charge in [0.15, 0.2) is 5.75 Å². The molecular formula is C26H21Cl2N3O6S. The number of aryl methyl sites for hydroxylation is 1. The monoisotopic (exact) mass is 573 g/mol. The summed E-state index contributed by atoms with van der Waals surface area (Å²) in [6, 6.07) is 15.6. The van der Waals surface area contributed by atoms with E-state index in [0.29, 0.717) is 28.7 Å². The van der Waals surface area contributed by atoms with Crippen LogP contribution in [-0.2, 0) is 10.1 Å². The number of ether oxygens (including phenoxy) is 1. The van der Waals surface area contributed by atoms with Crippen LogP contribution in [0.4, 0.5) is 17.1 Å². The van der Waals surface area contributed by atoms with Crippen LogP contribution >= 0.6 is 23.2 Å². The highest BCUT2D eigenvalue weighted by atomic mass is 35.5. The summed E-state index contributed by atoms with van der Waals surface area (Å²) in [5, 5.41) is 23.2. The number of aromatic hydroxyl groups is 1. The summed E-state index contributed by atoms with van der Waals surface area (Å²) in [7, 11) is -4.69. The third-order valence-corrected chi connectivity index (χ3v) is 7.13. The summed E-state index contributed by atoms with van der Waals surface area (Å²) in [6.45, 7) is 3.75. The number of amides is 1. The van der Waals surface area contributed by atoms with Gasteiger partial charge in [0.1, 0.15) is 27.7 Å². The topological polar surface area (TPSA) is 138 Å². The lowest BCUT2D eigenvalue weighted by atomic mass is 10.0. The van der Waals surface area contributed by atoms with Crippen LogP contribution in [0.5, 0.6) is 11.5 Å². The summed E-state index contributed by atoms with van der Waals surface area (Å²) in [6.07, 6.45) is 0. The number of phenolic OH excluding ortho intramolecular Hbond substituents is 1. The van der Waals surface area contributed by atoms with Gasteiger partial charge in [-0.05, 0) is 55.1 Å². The van der Waals surface area contributed by atoms with E-state index in [1.807, 2.05) is 0 Å². The highest BCUT2D eigenvalue weighted by Crippen LogP contribution is 2.41. The largest absolute Gasteiger partial charge is 0.505 e. The molecule has 4 aromatic carbocycles. The summed E-state index contributed by atoms with van der Waals surface area (Å²) < 4.78 is 39.0. The minimum Gasteiger partial charge on any atom is -0.505 e. The molecule has 38 heavy (non-hydrogen) atoms. The van der Waals surface area contributed by atoms with Gasteiger partial charge in [0, 0.05) is 10.4 Å². The minimum atomic E-state index is -4.69. The van der Waals surface area contributed by atoms with Gasteiger partial charge in [-0.2, -0.15) is 8.42 Å². The molecule has 0 aliphatic carbocycles. The number of rotatable bonds is 7. The van der Waals surface area contributed by atoms with E-state index in [4.69, 9.17) is 27.9 Å². The molecule has 0 heterocycles. The number of fused-ring (bicyclic) bond motifs is 1. The number of para-hydroxylation sites is 1. The highest BCUT2D eigenvalue weighted by Gasteiger charge is 2.22. The van der Waals surface area contributed by atoms with Crippen molar-refractivity contribution in [2.24, 2.45) is 10.2 Å². The summed E-state index contributed by atoms with van der Waals surface area (Å²) in [5.41, 5.74) is 0.282. The molecule has 4 rings (SSSR count). The predicted octanol–water partition coefficient (Wildman–Crippen LogP) is 7.47. The molecule has 0 bridgehead atoms. The van der Waals surface area contributed by atoms with Crippen LogP contribution in [0.25, 0.3) is 10.8 Å². The van der Waals surface area contributed by atoms with Gasteiger partial charge in [-0.1, -0.05) is 53.5 Å². The van der Waals surface area contributed by atoms with Gasteiger partial charge in [-0.15, -0.1) is 10.2 Å². The third kappa shape index (κ3) is 5.58. The van der Waals surface area contributed by atoms with Gasteiger partial charge in [-0.3, -0.25) is 9.35 Å². The molecule has 0 aliphatic rings. The molecule has 0 aliphatic heterocycles. The fraction of sp³-hybridized carbons (Fsp3) is 0.115. The average Bonchev–Trinajstić information content (AvgIpc) is 2.86. The van der Waals surface area contributed by atoms with Crippen molar-refractivity contribution in [2.45, 2.75) is 18.7 Å². The number of halogens is 2. The molecule has 0 aromatic heterocycles. The Kier molecular flexibility index (Phi) is 7.89. The van der Waals surface area contributed by atoms with Crippen LogP contribution in [0.2, 0.25) is 10.0 Å². The molecule has 4 aromatic rings. The van der Waals surface area contributed by atoms with E-state index in [2.05, 4.69) is 15.5 Å². The van der Waals surface area contributed by atoms with Crippen molar-refractivity contribution >= 4 is 67.1 Å². The van der Waals surface area contributed by atoms with Crippen LogP contribution in [0.3, 0.4) is 0 Å². The number of hydrogen-bond donors (Lipinski definition) is 3. The first-order chi connectivity index (χ1) is 18.0. The SMILES string of the molecule is CCOc1cccc(Cl)c1NC(=O)c1cc2ccccc2c(N=Nc2cc(C)c(Cl)cc2S(=O)(=O)O)c1O. The molecule has 0 radical (unpaired) electrons. The summed E-state index contributed by atoms with van der Waals surface area (Å²) in [4.78, 5) is 12.7. The zero-order chi connectivity index (χ0) is 27.6. The second kappa shape index (κ2) is 11.0. The van der Waals surface area contributed by atoms with E-state index < -0.39 is 26.7 Å². The first-order valence-corrected chi connectivity index (χ1v) is 13.4. The van der Waals surface area contributed by atoms with Crippen molar-refractivity contribution < 1.29 is 27.6 Å². The van der Waals surface area contributed by atoms with Crippen LogP contribution in [0.15, 0.2) is 75.8 Å². The van der Waals surface area contributed by atoms with Crippen LogP contribution < -0.4 is 10.1 Å². The van der Waals surface area contributed by atoms with E-state index in [-0.39, 0.29) is 32.7 Å². The maximum atomic E-state index is 13.3. The maximum absolute atomic E-state index is 13.3. The maximum Gasteiger partial charge on any atom is 0.296 e. The Balaban J connectivity index is 1.84. The molecule has 196 valence electrons. The van der Waals surface area contributed by atoms with Crippen molar-refractivity contribution in [3.63, 3.8) is 0 Å². The van der Waals surface area contributed by atoms with Gasteiger partial charge in [0.2, 0.25) is 0 Å². The van der Waals surface area contributed by atoms with Gasteiger partial charge >= 0.3 is 0 Å². The average molecular weight is 574 g/mol. The molecule has 0 fully saturated rings. The van der Waals surface area contributed by atoms with Crippen molar-refractivity contribution in [3.05, 3.63) is 81.8 Å². The molecule has 12 heteroatoms. The third-order valence-electron chi connectivity index (χ3n) is 5.53. The zero-order valence-corrected chi connectivity index (χ0v) is 22.4. The normalized spacial score (nSPS) is 11.7. The molecule has 0 saturated heterocycles. The van der Waals surface area contributed by atoms with E-state index in [0.717, 1.165) is 6.07 Å². The fourth-order valence-corrected chi connectivity index (χ4v) is 4.78. The molecule has 1 amide bonds. The van der Waals surface area contributed by atoms with Crippen LogP contribution in [0.1, 0.15) is 22.8 Å². The number of nitrogens with zero attached hydrogens (tertiary/aromatic N) is 2. The highest BCUT2D eigenvalue weighted by molar-refractivity contribution is 7.86. The Hall–Kier alpha value is -3.70.